The average molecular weight is 304 g/mol. The lowest BCUT2D eigenvalue weighted by Crippen LogP contribution is -1.96. The Labute approximate surface area is 127 Å². The van der Waals surface area contributed by atoms with Gasteiger partial charge in [0.1, 0.15) is 23.1 Å². The van der Waals surface area contributed by atoms with Crippen LogP contribution in [0.2, 0.25) is 0 Å². The van der Waals surface area contributed by atoms with Crippen LogP contribution in [0.4, 0.5) is 0 Å². The second-order valence-corrected chi connectivity index (χ2v) is 5.38. The fraction of sp³-hybridized carbons (Fsp3) is 0.333. The molecule has 1 aromatic carbocycles. The first-order valence-electron chi connectivity index (χ1n) is 6.37. The van der Waals surface area contributed by atoms with Gasteiger partial charge in [0.05, 0.1) is 31.9 Å². The molecule has 0 unspecified atom stereocenters. The van der Waals surface area contributed by atoms with Crippen molar-refractivity contribution < 1.29 is 14.2 Å². The number of hydrogen-bond acceptors (Lipinski definition) is 6. The highest BCUT2D eigenvalue weighted by Gasteiger charge is 2.11. The van der Waals surface area contributed by atoms with Crippen molar-refractivity contribution in [2.45, 2.75) is 19.6 Å². The molecule has 0 aliphatic heterocycles. The Bertz CT molecular complexity index is 617. The van der Waals surface area contributed by atoms with Crippen LogP contribution in [0.1, 0.15) is 15.6 Å². The van der Waals surface area contributed by atoms with E-state index in [0.717, 1.165) is 27.1 Å². The van der Waals surface area contributed by atoms with Crippen LogP contribution in [0.5, 0.6) is 11.5 Å². The predicted octanol–water partition coefficient (Wildman–Crippen LogP) is 2.94. The molecule has 0 saturated carbocycles. The molecule has 0 amide bonds. The first-order chi connectivity index (χ1) is 10.3. The van der Waals surface area contributed by atoms with E-state index in [-0.39, 0.29) is 0 Å². The Balaban J connectivity index is 2.01. The van der Waals surface area contributed by atoms with Crippen LogP contribution in [-0.4, -0.2) is 19.2 Å². The summed E-state index contributed by atoms with van der Waals surface area (Å²) in [5.41, 5.74) is 0.817. The van der Waals surface area contributed by atoms with E-state index in [1.54, 1.807) is 14.2 Å². The van der Waals surface area contributed by atoms with Crippen molar-refractivity contribution in [1.82, 2.24) is 4.98 Å². The van der Waals surface area contributed by atoms with Crippen LogP contribution in [0.3, 0.4) is 0 Å². The van der Waals surface area contributed by atoms with Gasteiger partial charge in [0.2, 0.25) is 0 Å². The molecule has 2 rings (SSSR count). The summed E-state index contributed by atoms with van der Waals surface area (Å²) >= 11 is 1.49. The maximum atomic E-state index is 8.82. The maximum Gasteiger partial charge on any atom is 0.140 e. The third-order valence-corrected chi connectivity index (χ3v) is 3.84. The molecule has 2 aromatic rings. The predicted molar refractivity (Wildman–Crippen MR) is 79.5 cm³/mol. The van der Waals surface area contributed by atoms with Crippen molar-refractivity contribution >= 4 is 11.3 Å². The summed E-state index contributed by atoms with van der Waals surface area (Å²) in [6.07, 6.45) is 0.346. The fourth-order valence-corrected chi connectivity index (χ4v) is 2.69. The number of rotatable bonds is 7. The van der Waals surface area contributed by atoms with Crippen molar-refractivity contribution in [3.8, 4) is 17.6 Å². The third-order valence-electron chi connectivity index (χ3n) is 2.76. The minimum Gasteiger partial charge on any atom is -0.497 e. The van der Waals surface area contributed by atoms with E-state index in [2.05, 4.69) is 11.1 Å². The van der Waals surface area contributed by atoms with Gasteiger partial charge in [-0.1, -0.05) is 0 Å². The first-order valence-corrected chi connectivity index (χ1v) is 7.18. The number of nitrogens with zero attached hydrogens (tertiary/aromatic N) is 2. The van der Waals surface area contributed by atoms with Crippen LogP contribution < -0.4 is 9.47 Å². The van der Waals surface area contributed by atoms with Crippen LogP contribution >= 0.6 is 11.3 Å². The van der Waals surface area contributed by atoms with Crippen LogP contribution in [0, 0.1) is 11.3 Å². The lowest BCUT2D eigenvalue weighted by atomic mass is 10.3. The Morgan fingerprint density at radius 1 is 1.14 bits per heavy atom. The molecule has 110 valence electrons. The second-order valence-electron chi connectivity index (χ2n) is 4.21. The van der Waals surface area contributed by atoms with Crippen LogP contribution in [-0.2, 0) is 24.4 Å². The fourth-order valence-electron chi connectivity index (χ4n) is 1.77. The van der Waals surface area contributed by atoms with Crippen molar-refractivity contribution in [2.75, 3.05) is 14.2 Å². The maximum absolute atomic E-state index is 8.82. The zero-order valence-corrected chi connectivity index (χ0v) is 12.8. The van der Waals surface area contributed by atoms with Gasteiger partial charge in [0.15, 0.2) is 0 Å². The molecule has 0 aliphatic carbocycles. The van der Waals surface area contributed by atoms with Crippen LogP contribution in [0.15, 0.2) is 24.3 Å². The van der Waals surface area contributed by atoms with Gasteiger partial charge >= 0.3 is 0 Å². The molecule has 0 fully saturated rings. The average Bonchev–Trinajstić information content (AvgIpc) is 2.89. The van der Waals surface area contributed by atoms with Crippen molar-refractivity contribution in [3.05, 3.63) is 39.8 Å². The molecule has 0 aliphatic rings. The molecule has 0 spiro atoms. The summed E-state index contributed by atoms with van der Waals surface area (Å²) in [6.45, 7) is 0.787. The van der Waals surface area contributed by atoms with Gasteiger partial charge in [0, 0.05) is 12.0 Å². The van der Waals surface area contributed by atoms with E-state index in [0.29, 0.717) is 19.6 Å². The summed E-state index contributed by atoms with van der Waals surface area (Å²) in [6, 6.07) is 9.52. The number of hydrogen-bond donors (Lipinski definition) is 0. The lowest BCUT2D eigenvalue weighted by molar-refractivity contribution is 0.181. The molecule has 5 nitrogen and oxygen atoms in total. The van der Waals surface area contributed by atoms with Gasteiger partial charge in [-0.15, -0.1) is 11.3 Å². The van der Waals surface area contributed by atoms with Gasteiger partial charge < -0.3 is 14.2 Å². The molecule has 0 bridgehead atoms. The summed E-state index contributed by atoms with van der Waals surface area (Å²) in [5, 5.41) is 9.66. The van der Waals surface area contributed by atoms with E-state index < -0.39 is 0 Å². The SMILES string of the molecule is COCc1nc(COc2ccc(OC)cc2)sc1CC#N. The minimum absolute atomic E-state index is 0.346. The number of aromatic nitrogens is 1. The zero-order valence-electron chi connectivity index (χ0n) is 12.0. The van der Waals surface area contributed by atoms with Gasteiger partial charge in [0.25, 0.3) is 0 Å². The molecule has 1 aromatic heterocycles. The van der Waals surface area contributed by atoms with Crippen molar-refractivity contribution in [3.63, 3.8) is 0 Å². The molecule has 0 saturated heterocycles. The molecule has 0 radical (unpaired) electrons. The quantitative estimate of drug-likeness (QED) is 0.787. The number of methoxy groups -OCH3 is 2. The van der Waals surface area contributed by atoms with E-state index >= 15 is 0 Å². The smallest absolute Gasteiger partial charge is 0.140 e. The topological polar surface area (TPSA) is 64.4 Å². The molecule has 0 N–H and O–H groups in total. The summed E-state index contributed by atoms with van der Waals surface area (Å²) in [4.78, 5) is 5.40. The van der Waals surface area contributed by atoms with Crippen molar-refractivity contribution in [2.24, 2.45) is 0 Å². The van der Waals surface area contributed by atoms with Crippen LogP contribution in [0.25, 0.3) is 0 Å². The number of thiazole rings is 1. The highest BCUT2D eigenvalue weighted by Crippen LogP contribution is 2.23. The Kier molecular flexibility index (Phi) is 5.55. The number of nitriles is 1. The minimum atomic E-state index is 0.346. The normalized spacial score (nSPS) is 10.1. The Hall–Kier alpha value is -2.10. The van der Waals surface area contributed by atoms with Gasteiger partial charge in [-0.3, -0.25) is 0 Å². The summed E-state index contributed by atoms with van der Waals surface area (Å²) in [7, 11) is 3.24. The standard InChI is InChI=1S/C15H16N2O3S/c1-18-9-13-14(7-8-16)21-15(17-13)10-20-12-5-3-11(19-2)4-6-12/h3-6H,7,9-10H2,1-2H3. The zero-order chi connectivity index (χ0) is 15.1. The number of benzene rings is 1. The van der Waals surface area contributed by atoms with Crippen molar-refractivity contribution in [1.29, 1.82) is 5.26 Å². The highest BCUT2D eigenvalue weighted by atomic mass is 32.1. The highest BCUT2D eigenvalue weighted by molar-refractivity contribution is 7.11. The molecule has 6 heteroatoms. The Morgan fingerprint density at radius 2 is 1.86 bits per heavy atom. The summed E-state index contributed by atoms with van der Waals surface area (Å²) < 4.78 is 15.9. The monoisotopic (exact) mass is 304 g/mol. The third kappa shape index (κ3) is 4.18. The van der Waals surface area contributed by atoms with E-state index in [4.69, 9.17) is 19.5 Å². The lowest BCUT2D eigenvalue weighted by Gasteiger charge is -2.05. The van der Waals surface area contributed by atoms with Gasteiger partial charge in [-0.2, -0.15) is 5.26 Å². The summed E-state index contributed by atoms with van der Waals surface area (Å²) in [5.74, 6) is 1.54. The molecule has 1 heterocycles. The number of ether oxygens (including phenoxy) is 3. The molecule has 0 atom stereocenters. The Morgan fingerprint density at radius 3 is 2.48 bits per heavy atom. The second kappa shape index (κ2) is 7.62. The van der Waals surface area contributed by atoms with Gasteiger partial charge in [-0.05, 0) is 24.3 Å². The molecular weight excluding hydrogens is 288 g/mol. The largest absolute Gasteiger partial charge is 0.497 e. The molecule has 21 heavy (non-hydrogen) atoms. The van der Waals surface area contributed by atoms with Gasteiger partial charge in [-0.25, -0.2) is 4.98 Å². The van der Waals surface area contributed by atoms with E-state index in [1.165, 1.54) is 11.3 Å². The first kappa shape index (κ1) is 15.3. The molecular formula is C15H16N2O3S. The van der Waals surface area contributed by atoms with E-state index in [9.17, 15) is 0 Å². The van der Waals surface area contributed by atoms with E-state index in [1.807, 2.05) is 24.3 Å².